The molecule has 0 saturated carbocycles. The van der Waals surface area contributed by atoms with Crippen LogP contribution in [0.5, 0.6) is 5.75 Å². The third-order valence-electron chi connectivity index (χ3n) is 5.71. The summed E-state index contributed by atoms with van der Waals surface area (Å²) >= 11 is 0. The Hall–Kier alpha value is -3.50. The number of morpholine rings is 2. The van der Waals surface area contributed by atoms with Crippen LogP contribution in [-0.4, -0.2) is 80.9 Å². The van der Waals surface area contributed by atoms with Crippen LogP contribution in [0.2, 0.25) is 0 Å². The lowest BCUT2D eigenvalue weighted by molar-refractivity contribution is 0.121. The standard InChI is InChI=1S/C23H27N7O3/c1-31-20-7-6-17-4-2-3-5-18(17)19(20)16-24-28-21-25-22(29-8-12-32-13-9-29)27-23(26-21)30-10-14-33-15-11-30/h2-7,16H,8-15H2,1H3,(H,25,26,27,28). The fourth-order valence-electron chi connectivity index (χ4n) is 3.95. The van der Waals surface area contributed by atoms with E-state index in [-0.39, 0.29) is 0 Å². The van der Waals surface area contributed by atoms with Gasteiger partial charge in [-0.15, -0.1) is 0 Å². The summed E-state index contributed by atoms with van der Waals surface area (Å²) in [5, 5.41) is 6.62. The molecule has 2 aliphatic heterocycles. The van der Waals surface area contributed by atoms with Gasteiger partial charge in [-0.05, 0) is 16.8 Å². The molecule has 0 aliphatic carbocycles. The number of nitrogens with one attached hydrogen (secondary N) is 1. The van der Waals surface area contributed by atoms with Gasteiger partial charge in [0, 0.05) is 31.7 Å². The van der Waals surface area contributed by atoms with E-state index in [1.165, 1.54) is 0 Å². The molecule has 0 spiro atoms. The monoisotopic (exact) mass is 449 g/mol. The number of rotatable bonds is 6. The number of methoxy groups -OCH3 is 1. The molecular formula is C23H27N7O3. The molecule has 3 heterocycles. The highest BCUT2D eigenvalue weighted by Crippen LogP contribution is 2.26. The number of hydrogen-bond donors (Lipinski definition) is 1. The van der Waals surface area contributed by atoms with Gasteiger partial charge in [0.05, 0.1) is 39.8 Å². The first-order valence-corrected chi connectivity index (χ1v) is 11.1. The van der Waals surface area contributed by atoms with Gasteiger partial charge in [0.1, 0.15) is 5.75 Å². The number of aromatic nitrogens is 3. The van der Waals surface area contributed by atoms with E-state index < -0.39 is 0 Å². The Labute approximate surface area is 192 Å². The SMILES string of the molecule is COc1ccc2ccccc2c1C=NNc1nc(N2CCOCC2)nc(N2CCOCC2)n1. The number of benzene rings is 2. The molecule has 2 aromatic carbocycles. The molecule has 2 fully saturated rings. The minimum Gasteiger partial charge on any atom is -0.496 e. The van der Waals surface area contributed by atoms with E-state index >= 15 is 0 Å². The van der Waals surface area contributed by atoms with Gasteiger partial charge in [-0.3, -0.25) is 0 Å². The molecule has 3 aromatic rings. The van der Waals surface area contributed by atoms with Gasteiger partial charge in [-0.25, -0.2) is 5.43 Å². The number of nitrogens with zero attached hydrogens (tertiary/aromatic N) is 6. The number of ether oxygens (including phenoxy) is 3. The Morgan fingerprint density at radius 1 is 0.879 bits per heavy atom. The number of anilines is 3. The summed E-state index contributed by atoms with van der Waals surface area (Å²) in [7, 11) is 1.66. The van der Waals surface area contributed by atoms with Crippen LogP contribution in [0.3, 0.4) is 0 Å². The molecule has 0 amide bonds. The maximum Gasteiger partial charge on any atom is 0.250 e. The molecule has 0 atom stereocenters. The van der Waals surface area contributed by atoms with Crippen molar-refractivity contribution in [3.63, 3.8) is 0 Å². The summed E-state index contributed by atoms with van der Waals surface area (Å²) in [6, 6.07) is 12.1. The highest BCUT2D eigenvalue weighted by atomic mass is 16.5. The van der Waals surface area contributed by atoms with Crippen LogP contribution in [0.15, 0.2) is 41.5 Å². The summed E-state index contributed by atoms with van der Waals surface area (Å²) in [5.74, 6) is 2.38. The molecule has 172 valence electrons. The predicted molar refractivity (Wildman–Crippen MR) is 128 cm³/mol. The van der Waals surface area contributed by atoms with E-state index in [1.54, 1.807) is 13.3 Å². The van der Waals surface area contributed by atoms with Crippen LogP contribution in [-0.2, 0) is 9.47 Å². The first-order chi connectivity index (χ1) is 16.3. The second-order valence-electron chi connectivity index (χ2n) is 7.73. The van der Waals surface area contributed by atoms with Crippen LogP contribution < -0.4 is 20.0 Å². The Morgan fingerprint density at radius 3 is 2.15 bits per heavy atom. The van der Waals surface area contributed by atoms with Crippen molar-refractivity contribution in [3.8, 4) is 5.75 Å². The summed E-state index contributed by atoms with van der Waals surface area (Å²) in [6.07, 6.45) is 1.74. The van der Waals surface area contributed by atoms with Crippen LogP contribution in [0.1, 0.15) is 5.56 Å². The third kappa shape index (κ3) is 4.81. The van der Waals surface area contributed by atoms with Gasteiger partial charge >= 0.3 is 0 Å². The summed E-state index contributed by atoms with van der Waals surface area (Å²) < 4.78 is 16.5. The maximum absolute atomic E-state index is 5.56. The third-order valence-corrected chi connectivity index (χ3v) is 5.71. The number of hydrogen-bond acceptors (Lipinski definition) is 10. The fraction of sp³-hybridized carbons (Fsp3) is 0.391. The van der Waals surface area contributed by atoms with Crippen molar-refractivity contribution in [2.24, 2.45) is 5.10 Å². The smallest absolute Gasteiger partial charge is 0.250 e. The summed E-state index contributed by atoms with van der Waals surface area (Å²) in [5.41, 5.74) is 3.89. The van der Waals surface area contributed by atoms with E-state index in [0.717, 1.165) is 48.3 Å². The molecule has 10 nitrogen and oxygen atoms in total. The second-order valence-corrected chi connectivity index (χ2v) is 7.73. The van der Waals surface area contributed by atoms with Crippen molar-refractivity contribution in [3.05, 3.63) is 42.0 Å². The van der Waals surface area contributed by atoms with Crippen LogP contribution in [0.25, 0.3) is 10.8 Å². The van der Waals surface area contributed by atoms with Crippen molar-refractivity contribution in [1.82, 2.24) is 15.0 Å². The molecule has 1 aromatic heterocycles. The number of fused-ring (bicyclic) bond motifs is 1. The van der Waals surface area contributed by atoms with E-state index in [0.29, 0.717) is 44.3 Å². The Bertz CT molecular complexity index is 1090. The van der Waals surface area contributed by atoms with Crippen molar-refractivity contribution >= 4 is 34.8 Å². The van der Waals surface area contributed by atoms with Crippen molar-refractivity contribution in [2.45, 2.75) is 0 Å². The highest BCUT2D eigenvalue weighted by Gasteiger charge is 2.20. The maximum atomic E-state index is 5.56. The zero-order chi connectivity index (χ0) is 22.5. The van der Waals surface area contributed by atoms with Gasteiger partial charge in [0.25, 0.3) is 0 Å². The van der Waals surface area contributed by atoms with E-state index in [2.05, 4.69) is 42.4 Å². The lowest BCUT2D eigenvalue weighted by Gasteiger charge is -2.30. The molecular weight excluding hydrogens is 422 g/mol. The molecule has 0 radical (unpaired) electrons. The molecule has 0 bridgehead atoms. The van der Waals surface area contributed by atoms with E-state index in [9.17, 15) is 0 Å². The molecule has 5 rings (SSSR count). The average molecular weight is 450 g/mol. The molecule has 2 aliphatic rings. The minimum atomic E-state index is 0.392. The van der Waals surface area contributed by atoms with Crippen LogP contribution >= 0.6 is 0 Å². The summed E-state index contributed by atoms with van der Waals surface area (Å²) in [6.45, 7) is 5.57. The lowest BCUT2D eigenvalue weighted by Crippen LogP contribution is -2.40. The molecule has 0 unspecified atom stereocenters. The van der Waals surface area contributed by atoms with Gasteiger partial charge < -0.3 is 24.0 Å². The van der Waals surface area contributed by atoms with Crippen LogP contribution in [0.4, 0.5) is 17.8 Å². The predicted octanol–water partition coefficient (Wildman–Crippen LogP) is 2.15. The van der Waals surface area contributed by atoms with Crippen molar-refractivity contribution in [2.75, 3.05) is 74.9 Å². The fourth-order valence-corrected chi connectivity index (χ4v) is 3.95. The highest BCUT2D eigenvalue weighted by molar-refractivity contribution is 6.02. The van der Waals surface area contributed by atoms with Gasteiger partial charge in [0.15, 0.2) is 0 Å². The second kappa shape index (κ2) is 9.97. The zero-order valence-electron chi connectivity index (χ0n) is 18.6. The normalized spacial score (nSPS) is 17.0. The largest absolute Gasteiger partial charge is 0.496 e. The van der Waals surface area contributed by atoms with E-state index in [4.69, 9.17) is 19.2 Å². The van der Waals surface area contributed by atoms with Crippen molar-refractivity contribution in [1.29, 1.82) is 0 Å². The topological polar surface area (TPSA) is 97.2 Å². The van der Waals surface area contributed by atoms with Gasteiger partial charge in [0.2, 0.25) is 17.8 Å². The quantitative estimate of drug-likeness (QED) is 0.448. The minimum absolute atomic E-state index is 0.392. The first kappa shape index (κ1) is 21.4. The Morgan fingerprint density at radius 2 is 1.52 bits per heavy atom. The van der Waals surface area contributed by atoms with Gasteiger partial charge in [-0.1, -0.05) is 30.3 Å². The first-order valence-electron chi connectivity index (χ1n) is 11.1. The number of hydrazone groups is 1. The van der Waals surface area contributed by atoms with Gasteiger partial charge in [-0.2, -0.15) is 20.1 Å². The molecule has 10 heteroatoms. The zero-order valence-corrected chi connectivity index (χ0v) is 18.6. The Kier molecular flexibility index (Phi) is 6.45. The molecule has 2 saturated heterocycles. The molecule has 33 heavy (non-hydrogen) atoms. The average Bonchev–Trinajstić information content (AvgIpc) is 2.89. The van der Waals surface area contributed by atoms with E-state index in [1.807, 2.05) is 24.3 Å². The lowest BCUT2D eigenvalue weighted by atomic mass is 10.0. The summed E-state index contributed by atoms with van der Waals surface area (Å²) in [4.78, 5) is 18.2. The Balaban J connectivity index is 1.44. The van der Waals surface area contributed by atoms with Crippen LogP contribution in [0, 0.1) is 0 Å². The van der Waals surface area contributed by atoms with Crippen molar-refractivity contribution < 1.29 is 14.2 Å². The molecule has 1 N–H and O–H groups in total.